The second-order valence-corrected chi connectivity index (χ2v) is 4.04. The van der Waals surface area contributed by atoms with Gasteiger partial charge in [0.05, 0.1) is 6.54 Å². The molecule has 0 unspecified atom stereocenters. The summed E-state index contributed by atoms with van der Waals surface area (Å²) in [6.45, 7) is 0.384. The van der Waals surface area contributed by atoms with Gasteiger partial charge >= 0.3 is 0 Å². The van der Waals surface area contributed by atoms with Gasteiger partial charge in [-0.1, -0.05) is 0 Å². The van der Waals surface area contributed by atoms with E-state index in [1.54, 1.807) is 18.3 Å². The summed E-state index contributed by atoms with van der Waals surface area (Å²) >= 11 is 1.48. The molecule has 17 heavy (non-hydrogen) atoms. The first-order valence-electron chi connectivity index (χ1n) is 4.76. The highest BCUT2D eigenvalue weighted by Crippen LogP contribution is 2.04. The zero-order valence-electron chi connectivity index (χ0n) is 8.75. The zero-order chi connectivity index (χ0) is 12.1. The van der Waals surface area contributed by atoms with Gasteiger partial charge in [-0.25, -0.2) is 10.8 Å². The lowest BCUT2D eigenvalue weighted by molar-refractivity contribution is 0.0945. The molecule has 88 valence electrons. The molecule has 0 atom stereocenters. The summed E-state index contributed by atoms with van der Waals surface area (Å²) in [5.41, 5.74) is 2.57. The first-order chi connectivity index (χ1) is 8.29. The summed E-state index contributed by atoms with van der Waals surface area (Å²) < 4.78 is 0. The SMILES string of the molecule is NNc1ccc(C(=O)NCc2nccs2)nn1. The average Bonchev–Trinajstić information content (AvgIpc) is 2.89. The number of aromatic nitrogens is 3. The van der Waals surface area contributed by atoms with E-state index in [1.165, 1.54) is 11.3 Å². The maximum Gasteiger partial charge on any atom is 0.272 e. The van der Waals surface area contributed by atoms with Crippen molar-refractivity contribution in [2.45, 2.75) is 6.54 Å². The number of rotatable bonds is 4. The molecule has 2 rings (SSSR count). The van der Waals surface area contributed by atoms with E-state index in [1.807, 2.05) is 5.38 Å². The molecule has 0 radical (unpaired) electrons. The largest absolute Gasteiger partial charge is 0.344 e. The van der Waals surface area contributed by atoms with Crippen LogP contribution >= 0.6 is 11.3 Å². The lowest BCUT2D eigenvalue weighted by Crippen LogP contribution is -2.24. The minimum atomic E-state index is -0.295. The van der Waals surface area contributed by atoms with Crippen molar-refractivity contribution < 1.29 is 4.79 Å². The fourth-order valence-electron chi connectivity index (χ4n) is 1.12. The Morgan fingerprint density at radius 1 is 1.41 bits per heavy atom. The van der Waals surface area contributed by atoms with Crippen LogP contribution in [0.1, 0.15) is 15.5 Å². The van der Waals surface area contributed by atoms with Crippen molar-refractivity contribution >= 4 is 23.1 Å². The standard InChI is InChI=1S/C9H10N6OS/c10-13-7-2-1-6(14-15-7)9(16)12-5-8-11-3-4-17-8/h1-4H,5,10H2,(H,12,16)(H,13,15). The molecule has 0 spiro atoms. The number of carbonyl (C=O) groups is 1. The third kappa shape index (κ3) is 2.95. The molecule has 2 aromatic rings. The summed E-state index contributed by atoms with van der Waals surface area (Å²) in [4.78, 5) is 15.7. The van der Waals surface area contributed by atoms with Crippen LogP contribution in [0.15, 0.2) is 23.7 Å². The first-order valence-corrected chi connectivity index (χ1v) is 5.64. The van der Waals surface area contributed by atoms with Gasteiger partial charge in [-0.15, -0.1) is 21.5 Å². The monoisotopic (exact) mass is 250 g/mol. The Morgan fingerprint density at radius 2 is 2.29 bits per heavy atom. The Balaban J connectivity index is 1.95. The van der Waals surface area contributed by atoms with E-state index in [2.05, 4.69) is 25.9 Å². The van der Waals surface area contributed by atoms with E-state index in [4.69, 9.17) is 5.84 Å². The van der Waals surface area contributed by atoms with Crippen molar-refractivity contribution in [3.63, 3.8) is 0 Å². The highest BCUT2D eigenvalue weighted by atomic mass is 32.1. The summed E-state index contributed by atoms with van der Waals surface area (Å²) in [5.74, 6) is 5.25. The summed E-state index contributed by atoms with van der Waals surface area (Å²) in [7, 11) is 0. The van der Waals surface area contributed by atoms with Crippen LogP contribution in [0.25, 0.3) is 0 Å². The molecular formula is C9H10N6OS. The molecule has 0 aliphatic heterocycles. The van der Waals surface area contributed by atoms with Gasteiger partial charge in [0.25, 0.3) is 5.91 Å². The maximum absolute atomic E-state index is 11.7. The van der Waals surface area contributed by atoms with E-state index in [0.29, 0.717) is 12.4 Å². The molecule has 8 heteroatoms. The Labute approximate surface area is 101 Å². The van der Waals surface area contributed by atoms with Crippen LogP contribution in [-0.2, 0) is 6.54 Å². The molecule has 0 bridgehead atoms. The van der Waals surface area contributed by atoms with E-state index < -0.39 is 0 Å². The van der Waals surface area contributed by atoms with Crippen LogP contribution in [0.2, 0.25) is 0 Å². The fourth-order valence-corrected chi connectivity index (χ4v) is 1.67. The van der Waals surface area contributed by atoms with Crippen molar-refractivity contribution in [1.29, 1.82) is 0 Å². The van der Waals surface area contributed by atoms with Crippen molar-refractivity contribution in [2.75, 3.05) is 5.43 Å². The molecule has 0 fully saturated rings. The second kappa shape index (κ2) is 5.32. The van der Waals surface area contributed by atoms with Gasteiger partial charge in [-0.3, -0.25) is 4.79 Å². The minimum absolute atomic E-state index is 0.237. The smallest absolute Gasteiger partial charge is 0.272 e. The highest BCUT2D eigenvalue weighted by molar-refractivity contribution is 7.09. The van der Waals surface area contributed by atoms with Gasteiger partial charge < -0.3 is 10.7 Å². The number of hydrazine groups is 1. The molecule has 2 aromatic heterocycles. The van der Waals surface area contributed by atoms with Crippen molar-refractivity contribution in [3.05, 3.63) is 34.4 Å². The lowest BCUT2D eigenvalue weighted by atomic mass is 10.3. The van der Waals surface area contributed by atoms with Gasteiger partial charge in [0.1, 0.15) is 5.01 Å². The Bertz CT molecular complexity index is 483. The quantitative estimate of drug-likeness (QED) is 0.527. The summed E-state index contributed by atoms with van der Waals surface area (Å²) in [6.07, 6.45) is 1.69. The molecule has 0 saturated carbocycles. The number of hydrogen-bond donors (Lipinski definition) is 3. The highest BCUT2D eigenvalue weighted by Gasteiger charge is 2.08. The van der Waals surface area contributed by atoms with E-state index in [9.17, 15) is 4.79 Å². The first kappa shape index (κ1) is 11.4. The second-order valence-electron chi connectivity index (χ2n) is 3.06. The molecule has 0 aliphatic carbocycles. The van der Waals surface area contributed by atoms with E-state index in [0.717, 1.165) is 5.01 Å². The van der Waals surface area contributed by atoms with E-state index >= 15 is 0 Å². The van der Waals surface area contributed by atoms with Crippen LogP contribution in [-0.4, -0.2) is 21.1 Å². The molecule has 0 aliphatic rings. The Morgan fingerprint density at radius 3 is 2.88 bits per heavy atom. The third-order valence-electron chi connectivity index (χ3n) is 1.93. The maximum atomic E-state index is 11.7. The number of amides is 1. The molecule has 4 N–H and O–H groups in total. The predicted molar refractivity (Wildman–Crippen MR) is 63.1 cm³/mol. The number of nitrogens with zero attached hydrogens (tertiary/aromatic N) is 3. The van der Waals surface area contributed by atoms with Gasteiger partial charge in [-0.2, -0.15) is 0 Å². The van der Waals surface area contributed by atoms with Gasteiger partial charge in [0.15, 0.2) is 11.5 Å². The molecule has 0 aromatic carbocycles. The topological polar surface area (TPSA) is 106 Å². The fraction of sp³-hybridized carbons (Fsp3) is 0.111. The van der Waals surface area contributed by atoms with Crippen LogP contribution in [0, 0.1) is 0 Å². The van der Waals surface area contributed by atoms with Crippen LogP contribution < -0.4 is 16.6 Å². The van der Waals surface area contributed by atoms with Gasteiger partial charge in [-0.05, 0) is 12.1 Å². The molecule has 1 amide bonds. The number of nitrogen functional groups attached to an aromatic ring is 1. The van der Waals surface area contributed by atoms with E-state index in [-0.39, 0.29) is 11.6 Å². The zero-order valence-corrected chi connectivity index (χ0v) is 9.57. The van der Waals surface area contributed by atoms with Crippen LogP contribution in [0.5, 0.6) is 0 Å². The molecule has 2 heterocycles. The number of thiazole rings is 1. The van der Waals surface area contributed by atoms with Gasteiger partial charge in [0.2, 0.25) is 0 Å². The number of nitrogens with two attached hydrogens (primary N) is 1. The van der Waals surface area contributed by atoms with Crippen molar-refractivity contribution in [2.24, 2.45) is 5.84 Å². The third-order valence-corrected chi connectivity index (χ3v) is 2.71. The molecule has 7 nitrogen and oxygen atoms in total. The van der Waals surface area contributed by atoms with Gasteiger partial charge in [0, 0.05) is 11.6 Å². The molecule has 0 saturated heterocycles. The minimum Gasteiger partial charge on any atom is -0.344 e. The lowest BCUT2D eigenvalue weighted by Gasteiger charge is -2.02. The number of hydrogen-bond acceptors (Lipinski definition) is 7. The van der Waals surface area contributed by atoms with Crippen LogP contribution in [0.3, 0.4) is 0 Å². The summed E-state index contributed by atoms with van der Waals surface area (Å²) in [5, 5.41) is 12.8. The number of anilines is 1. The normalized spacial score (nSPS) is 9.94. The molecular weight excluding hydrogens is 240 g/mol. The Kier molecular flexibility index (Phi) is 3.58. The van der Waals surface area contributed by atoms with Crippen molar-refractivity contribution in [3.8, 4) is 0 Å². The van der Waals surface area contributed by atoms with Crippen LogP contribution in [0.4, 0.5) is 5.82 Å². The Hall–Kier alpha value is -2.06. The number of carbonyl (C=O) groups excluding carboxylic acids is 1. The number of nitrogens with one attached hydrogen (secondary N) is 2. The van der Waals surface area contributed by atoms with Crippen molar-refractivity contribution in [1.82, 2.24) is 20.5 Å². The summed E-state index contributed by atoms with van der Waals surface area (Å²) in [6, 6.07) is 3.12. The predicted octanol–water partition coefficient (Wildman–Crippen LogP) is 0.149. The average molecular weight is 250 g/mol.